The minimum absolute atomic E-state index is 0.0322. The molecule has 2 saturated carbocycles. The van der Waals surface area contributed by atoms with Crippen molar-refractivity contribution in [1.82, 2.24) is 0 Å². The number of aliphatic hydroxyl groups excluding tert-OH is 1. The van der Waals surface area contributed by atoms with Crippen LogP contribution < -0.4 is 0 Å². The van der Waals surface area contributed by atoms with Gasteiger partial charge in [0, 0.05) is 17.4 Å². The number of Topliss-reactive ketones (excluding diaryl/α,β-unsaturated/α-hetero) is 1. The van der Waals surface area contributed by atoms with Crippen LogP contribution >= 0.6 is 0 Å². The Labute approximate surface area is 208 Å². The van der Waals surface area contributed by atoms with E-state index in [2.05, 4.69) is 48.1 Å². The first-order valence-electron chi connectivity index (χ1n) is 13.9. The molecule has 4 aliphatic rings. The van der Waals surface area contributed by atoms with Gasteiger partial charge >= 0.3 is 0 Å². The first-order valence-corrected chi connectivity index (χ1v) is 13.9. The second-order valence-corrected chi connectivity index (χ2v) is 14.4. The lowest BCUT2D eigenvalue weighted by atomic mass is 9.43. The van der Waals surface area contributed by atoms with Crippen LogP contribution in [0.3, 0.4) is 0 Å². The summed E-state index contributed by atoms with van der Waals surface area (Å²) in [5, 5.41) is 21.1. The standard InChI is InChI=1S/C31H50O3/c1-19(10-11-20(2)28(5,6)34)21-12-17-31(9)26-22(13-16-30(21,31)8)29(7)15-14-25(33)27(3,4)24(29)18-23(26)32/h19,21,24-25,33-34H,2,10-18H2,1,3-9H3/t19-,21-,24+,25+,29-,30-,31+/m1/s1. The Balaban J connectivity index is 1.66. The van der Waals surface area contributed by atoms with Crippen molar-refractivity contribution in [2.45, 2.75) is 125 Å². The number of carbonyl (C=O) groups is 1. The van der Waals surface area contributed by atoms with E-state index in [1.54, 1.807) is 0 Å². The number of aliphatic hydroxyl groups is 2. The summed E-state index contributed by atoms with van der Waals surface area (Å²) in [7, 11) is 0. The average Bonchev–Trinajstić information content (AvgIpc) is 3.01. The number of hydrogen-bond acceptors (Lipinski definition) is 3. The largest absolute Gasteiger partial charge is 0.393 e. The zero-order valence-corrected chi connectivity index (χ0v) is 23.2. The molecule has 7 atom stereocenters. The number of allylic oxidation sites excluding steroid dienone is 2. The molecular weight excluding hydrogens is 420 g/mol. The monoisotopic (exact) mass is 470 g/mol. The molecular formula is C31H50O3. The Kier molecular flexibility index (Phi) is 6.18. The van der Waals surface area contributed by atoms with Crippen LogP contribution in [0.4, 0.5) is 0 Å². The summed E-state index contributed by atoms with van der Waals surface area (Å²) >= 11 is 0. The molecule has 0 unspecified atom stereocenters. The van der Waals surface area contributed by atoms with Crippen molar-refractivity contribution >= 4 is 5.78 Å². The average molecular weight is 471 g/mol. The lowest BCUT2D eigenvalue weighted by molar-refractivity contribution is -0.134. The normalized spacial score (nSPS) is 42.6. The zero-order chi connectivity index (χ0) is 25.5. The third-order valence-corrected chi connectivity index (χ3v) is 12.1. The molecule has 0 bridgehead atoms. The summed E-state index contributed by atoms with van der Waals surface area (Å²) in [5.74, 6) is 1.73. The summed E-state index contributed by atoms with van der Waals surface area (Å²) in [5.41, 5.74) is 2.63. The molecule has 0 aromatic carbocycles. The Morgan fingerprint density at radius 2 is 1.76 bits per heavy atom. The van der Waals surface area contributed by atoms with Crippen LogP contribution in [0, 0.1) is 39.4 Å². The quantitative estimate of drug-likeness (QED) is 0.425. The van der Waals surface area contributed by atoms with Crippen molar-refractivity contribution in [2.24, 2.45) is 39.4 Å². The van der Waals surface area contributed by atoms with Crippen LogP contribution in [-0.2, 0) is 4.79 Å². The van der Waals surface area contributed by atoms with Gasteiger partial charge < -0.3 is 10.2 Å². The molecule has 0 heterocycles. The first kappa shape index (κ1) is 26.1. The molecule has 34 heavy (non-hydrogen) atoms. The summed E-state index contributed by atoms with van der Waals surface area (Å²) in [4.78, 5) is 13.9. The Hall–Kier alpha value is -0.930. The van der Waals surface area contributed by atoms with Gasteiger partial charge in [-0.15, -0.1) is 0 Å². The molecule has 192 valence electrons. The van der Waals surface area contributed by atoms with E-state index in [1.165, 1.54) is 17.6 Å². The molecule has 4 aliphatic carbocycles. The molecule has 0 aromatic rings. The topological polar surface area (TPSA) is 57.5 Å². The second-order valence-electron chi connectivity index (χ2n) is 14.4. The zero-order valence-electron chi connectivity index (χ0n) is 23.2. The second kappa shape index (κ2) is 8.04. The van der Waals surface area contributed by atoms with E-state index in [9.17, 15) is 15.0 Å². The molecule has 0 amide bonds. The van der Waals surface area contributed by atoms with Gasteiger partial charge in [0.25, 0.3) is 0 Å². The highest BCUT2D eigenvalue weighted by Crippen LogP contribution is 2.71. The van der Waals surface area contributed by atoms with Crippen LogP contribution in [0.15, 0.2) is 23.3 Å². The van der Waals surface area contributed by atoms with Crippen LogP contribution in [0.5, 0.6) is 0 Å². The van der Waals surface area contributed by atoms with Crippen molar-refractivity contribution in [3.63, 3.8) is 0 Å². The molecule has 0 saturated heterocycles. The fourth-order valence-corrected chi connectivity index (χ4v) is 9.21. The smallest absolute Gasteiger partial charge is 0.159 e. The Bertz CT molecular complexity index is 904. The van der Waals surface area contributed by atoms with E-state index in [0.29, 0.717) is 24.0 Å². The molecule has 2 N–H and O–H groups in total. The van der Waals surface area contributed by atoms with Crippen molar-refractivity contribution in [1.29, 1.82) is 0 Å². The molecule has 3 heteroatoms. The van der Waals surface area contributed by atoms with E-state index >= 15 is 0 Å². The lowest BCUT2D eigenvalue weighted by Gasteiger charge is -2.61. The number of fused-ring (bicyclic) bond motifs is 4. The van der Waals surface area contributed by atoms with Crippen LogP contribution in [0.25, 0.3) is 0 Å². The number of rotatable bonds is 5. The van der Waals surface area contributed by atoms with Crippen LogP contribution in [-0.4, -0.2) is 27.7 Å². The molecule has 0 aromatic heterocycles. The summed E-state index contributed by atoms with van der Waals surface area (Å²) < 4.78 is 0. The van der Waals surface area contributed by atoms with E-state index in [4.69, 9.17) is 0 Å². The highest BCUT2D eigenvalue weighted by molar-refractivity contribution is 5.99. The number of hydrogen-bond donors (Lipinski definition) is 2. The fourth-order valence-electron chi connectivity index (χ4n) is 9.21. The van der Waals surface area contributed by atoms with Crippen LogP contribution in [0.1, 0.15) is 113 Å². The maximum absolute atomic E-state index is 13.9. The van der Waals surface area contributed by atoms with Gasteiger partial charge in [-0.3, -0.25) is 4.79 Å². The molecule has 0 aliphatic heterocycles. The van der Waals surface area contributed by atoms with Gasteiger partial charge in [-0.2, -0.15) is 0 Å². The number of ketones is 1. The third-order valence-electron chi connectivity index (χ3n) is 12.1. The first-order chi connectivity index (χ1) is 15.5. The van der Waals surface area contributed by atoms with Crippen molar-refractivity contribution in [3.8, 4) is 0 Å². The fraction of sp³-hybridized carbons (Fsp3) is 0.839. The van der Waals surface area contributed by atoms with Gasteiger partial charge in [-0.25, -0.2) is 0 Å². The van der Waals surface area contributed by atoms with E-state index in [1.807, 2.05) is 13.8 Å². The molecule has 4 rings (SSSR count). The maximum atomic E-state index is 13.9. The minimum Gasteiger partial charge on any atom is -0.393 e. The Morgan fingerprint density at radius 3 is 2.38 bits per heavy atom. The molecule has 3 nitrogen and oxygen atoms in total. The number of carbonyl (C=O) groups excluding carboxylic acids is 1. The lowest BCUT2D eigenvalue weighted by Crippen LogP contribution is -2.57. The van der Waals surface area contributed by atoms with Gasteiger partial charge in [-0.05, 0) is 105 Å². The van der Waals surface area contributed by atoms with E-state index < -0.39 is 5.60 Å². The maximum Gasteiger partial charge on any atom is 0.159 e. The predicted molar refractivity (Wildman–Crippen MR) is 139 cm³/mol. The van der Waals surface area contributed by atoms with Crippen molar-refractivity contribution < 1.29 is 15.0 Å². The summed E-state index contributed by atoms with van der Waals surface area (Å²) in [6.45, 7) is 21.9. The summed E-state index contributed by atoms with van der Waals surface area (Å²) in [6, 6.07) is 0. The van der Waals surface area contributed by atoms with Gasteiger partial charge in [0.15, 0.2) is 5.78 Å². The Morgan fingerprint density at radius 1 is 1.12 bits per heavy atom. The molecule has 0 spiro atoms. The molecule has 2 fully saturated rings. The third kappa shape index (κ3) is 3.54. The van der Waals surface area contributed by atoms with Gasteiger partial charge in [0.1, 0.15) is 0 Å². The van der Waals surface area contributed by atoms with Crippen molar-refractivity contribution in [3.05, 3.63) is 23.3 Å². The SMILES string of the molecule is C=C(CC[C@@H](C)[C@H]1CC[C@@]2(C)C3=C(CC[C@]12C)[C@@]1(C)CC[C@H](O)C(C)(C)[C@@H]1CC3=O)C(C)(C)O. The highest BCUT2D eigenvalue weighted by Gasteiger charge is 2.65. The van der Waals surface area contributed by atoms with Gasteiger partial charge in [-0.1, -0.05) is 53.7 Å². The predicted octanol–water partition coefficient (Wildman–Crippen LogP) is 7.02. The molecule has 0 radical (unpaired) electrons. The van der Waals surface area contributed by atoms with Gasteiger partial charge in [0.05, 0.1) is 11.7 Å². The van der Waals surface area contributed by atoms with Crippen LogP contribution in [0.2, 0.25) is 0 Å². The van der Waals surface area contributed by atoms with E-state index in [-0.39, 0.29) is 33.7 Å². The summed E-state index contributed by atoms with van der Waals surface area (Å²) in [6.07, 6.45) is 8.48. The highest BCUT2D eigenvalue weighted by atomic mass is 16.3. The van der Waals surface area contributed by atoms with E-state index in [0.717, 1.165) is 50.5 Å². The van der Waals surface area contributed by atoms with Gasteiger partial charge in [0.2, 0.25) is 0 Å². The van der Waals surface area contributed by atoms with Crippen molar-refractivity contribution in [2.75, 3.05) is 0 Å². The minimum atomic E-state index is -0.819.